The molecule has 4 aromatic rings. The molecule has 0 fully saturated rings. The lowest BCUT2D eigenvalue weighted by Crippen LogP contribution is -2.24. The first kappa shape index (κ1) is 34.0. The molecule has 0 unspecified atom stereocenters. The van der Waals surface area contributed by atoms with Crippen LogP contribution in [0.5, 0.6) is 5.75 Å². The van der Waals surface area contributed by atoms with Crippen LogP contribution in [0.25, 0.3) is 23.1 Å². The van der Waals surface area contributed by atoms with Gasteiger partial charge in [-0.15, -0.1) is 21.5 Å². The number of thiophene rings is 1. The van der Waals surface area contributed by atoms with Gasteiger partial charge in [0.1, 0.15) is 5.75 Å². The van der Waals surface area contributed by atoms with Gasteiger partial charge in [0.25, 0.3) is 0 Å². The summed E-state index contributed by atoms with van der Waals surface area (Å²) in [6.45, 7) is 15.6. The van der Waals surface area contributed by atoms with Crippen molar-refractivity contribution < 1.29 is 4.74 Å². The summed E-state index contributed by atoms with van der Waals surface area (Å²) in [5.74, 6) is 1.49. The molecule has 0 spiro atoms. The van der Waals surface area contributed by atoms with Crippen LogP contribution in [0, 0.1) is 6.92 Å². The molecule has 0 saturated heterocycles. The molecule has 6 nitrogen and oxygen atoms in total. The van der Waals surface area contributed by atoms with Gasteiger partial charge in [-0.3, -0.25) is 0 Å². The standard InChI is InChI=1S/C37H55N5OS/c1-8-10-12-14-16-18-24-41(25-19-17-15-13-11-9-2)33-23-21-29(44-33)27-31-34(37(4,5)6)40-42-35(38-39-36(31)42)30-22-20-28(3)26-32(30)43-7/h20-23,26-27H,8-19,24-25H2,1-7H3/b31-27-. The first-order chi connectivity index (χ1) is 21.3. The van der Waals surface area contributed by atoms with Crippen molar-refractivity contribution in [3.8, 4) is 17.1 Å². The number of hydrogen-bond acceptors (Lipinski definition) is 6. The zero-order valence-electron chi connectivity index (χ0n) is 28.4. The minimum atomic E-state index is -0.150. The molecule has 3 aromatic heterocycles. The van der Waals surface area contributed by atoms with Crippen molar-refractivity contribution in [1.29, 1.82) is 0 Å². The molecule has 4 rings (SSSR count). The Labute approximate surface area is 269 Å². The van der Waals surface area contributed by atoms with Gasteiger partial charge in [0.15, 0.2) is 11.5 Å². The lowest BCUT2D eigenvalue weighted by molar-refractivity contribution is 0.415. The van der Waals surface area contributed by atoms with E-state index in [4.69, 9.17) is 9.84 Å². The smallest absolute Gasteiger partial charge is 0.189 e. The first-order valence-electron chi connectivity index (χ1n) is 17.0. The number of aromatic nitrogens is 4. The Hall–Kier alpha value is -2.93. The summed E-state index contributed by atoms with van der Waals surface area (Å²) in [5, 5.41) is 16.8. The Bertz CT molecular complexity index is 1480. The van der Waals surface area contributed by atoms with Crippen LogP contribution in [0.15, 0.2) is 30.3 Å². The van der Waals surface area contributed by atoms with Gasteiger partial charge in [-0.1, -0.05) is 105 Å². The minimum absolute atomic E-state index is 0.150. The Balaban J connectivity index is 1.62. The number of ether oxygens (including phenoxy) is 1. The molecule has 3 heterocycles. The maximum absolute atomic E-state index is 5.71. The molecule has 44 heavy (non-hydrogen) atoms. The van der Waals surface area contributed by atoms with Crippen LogP contribution in [0.2, 0.25) is 0 Å². The van der Waals surface area contributed by atoms with Crippen LogP contribution < -0.4 is 14.9 Å². The molecular formula is C37H55N5OS. The van der Waals surface area contributed by atoms with Crippen LogP contribution in [-0.4, -0.2) is 40.0 Å². The van der Waals surface area contributed by atoms with E-state index in [-0.39, 0.29) is 5.41 Å². The molecule has 0 bridgehead atoms. The average molecular weight is 618 g/mol. The van der Waals surface area contributed by atoms with Crippen molar-refractivity contribution in [1.82, 2.24) is 19.8 Å². The van der Waals surface area contributed by atoms with E-state index in [0.29, 0.717) is 5.82 Å². The van der Waals surface area contributed by atoms with E-state index in [1.54, 1.807) is 7.11 Å². The average Bonchev–Trinajstić information content (AvgIpc) is 3.72. The third kappa shape index (κ3) is 8.83. The Kier molecular flexibility index (Phi) is 12.7. The zero-order valence-corrected chi connectivity index (χ0v) is 29.2. The summed E-state index contributed by atoms with van der Waals surface area (Å²) < 4.78 is 7.61. The second-order valence-corrected chi connectivity index (χ2v) is 14.4. The van der Waals surface area contributed by atoms with E-state index < -0.39 is 0 Å². The molecule has 7 heteroatoms. The topological polar surface area (TPSA) is 55.6 Å². The van der Waals surface area contributed by atoms with Crippen molar-refractivity contribution in [3.05, 3.63) is 51.7 Å². The number of fused-ring (bicyclic) bond motifs is 1. The van der Waals surface area contributed by atoms with E-state index in [1.165, 1.54) is 86.9 Å². The molecule has 0 atom stereocenters. The molecule has 0 N–H and O–H groups in total. The molecule has 240 valence electrons. The van der Waals surface area contributed by atoms with Gasteiger partial charge in [-0.25, -0.2) is 0 Å². The molecule has 0 aliphatic carbocycles. The second kappa shape index (κ2) is 16.4. The van der Waals surface area contributed by atoms with Crippen LogP contribution in [0.3, 0.4) is 0 Å². The van der Waals surface area contributed by atoms with Crippen molar-refractivity contribution in [2.75, 3.05) is 25.1 Å². The number of unbranched alkanes of at least 4 members (excludes halogenated alkanes) is 10. The fourth-order valence-corrected chi connectivity index (χ4v) is 6.87. The minimum Gasteiger partial charge on any atom is -0.496 e. The summed E-state index contributed by atoms with van der Waals surface area (Å²) in [6, 6.07) is 10.8. The van der Waals surface area contributed by atoms with Gasteiger partial charge in [0, 0.05) is 28.6 Å². The van der Waals surface area contributed by atoms with E-state index in [0.717, 1.165) is 46.5 Å². The lowest BCUT2D eigenvalue weighted by Gasteiger charge is -2.23. The highest BCUT2D eigenvalue weighted by Crippen LogP contribution is 2.31. The van der Waals surface area contributed by atoms with Gasteiger partial charge >= 0.3 is 0 Å². The van der Waals surface area contributed by atoms with Gasteiger partial charge < -0.3 is 9.64 Å². The third-order valence-corrected chi connectivity index (χ3v) is 9.51. The quantitative estimate of drug-likeness (QED) is 0.104. The molecular weight excluding hydrogens is 563 g/mol. The molecule has 0 radical (unpaired) electrons. The fraction of sp³-hybridized carbons (Fsp3) is 0.595. The Morgan fingerprint density at radius 1 is 0.841 bits per heavy atom. The highest BCUT2D eigenvalue weighted by atomic mass is 32.1. The van der Waals surface area contributed by atoms with E-state index in [9.17, 15) is 0 Å². The van der Waals surface area contributed by atoms with Crippen molar-refractivity contribution in [2.45, 2.75) is 124 Å². The van der Waals surface area contributed by atoms with Crippen molar-refractivity contribution in [2.24, 2.45) is 0 Å². The number of hydrogen-bond donors (Lipinski definition) is 0. The van der Waals surface area contributed by atoms with Gasteiger partial charge in [-0.05, 0) is 55.7 Å². The lowest BCUT2D eigenvalue weighted by atomic mass is 9.91. The van der Waals surface area contributed by atoms with Crippen LogP contribution in [-0.2, 0) is 5.41 Å². The summed E-state index contributed by atoms with van der Waals surface area (Å²) >= 11 is 1.89. The maximum Gasteiger partial charge on any atom is 0.189 e. The summed E-state index contributed by atoms with van der Waals surface area (Å²) in [7, 11) is 1.70. The predicted octanol–water partition coefficient (Wildman–Crippen LogP) is 9.54. The van der Waals surface area contributed by atoms with E-state index >= 15 is 0 Å². The van der Waals surface area contributed by atoms with E-state index in [2.05, 4.69) is 80.9 Å². The van der Waals surface area contributed by atoms with Crippen molar-refractivity contribution >= 4 is 28.1 Å². The molecule has 0 aliphatic heterocycles. The first-order valence-corrected chi connectivity index (χ1v) is 17.9. The predicted molar refractivity (Wildman–Crippen MR) is 188 cm³/mol. The van der Waals surface area contributed by atoms with Crippen LogP contribution >= 0.6 is 11.3 Å². The number of anilines is 1. The molecule has 1 aromatic carbocycles. The zero-order chi connectivity index (χ0) is 31.5. The molecule has 0 saturated carbocycles. The summed E-state index contributed by atoms with van der Waals surface area (Å²) in [5.41, 5.74) is 3.71. The number of benzene rings is 1. The normalized spacial score (nSPS) is 12.5. The van der Waals surface area contributed by atoms with Crippen LogP contribution in [0.4, 0.5) is 5.00 Å². The number of aryl methyl sites for hydroxylation is 1. The summed E-state index contributed by atoms with van der Waals surface area (Å²) in [4.78, 5) is 3.87. The summed E-state index contributed by atoms with van der Waals surface area (Å²) in [6.07, 6.45) is 18.2. The number of methoxy groups -OCH3 is 1. The largest absolute Gasteiger partial charge is 0.496 e. The van der Waals surface area contributed by atoms with Gasteiger partial charge in [0.2, 0.25) is 0 Å². The Morgan fingerprint density at radius 3 is 2.09 bits per heavy atom. The van der Waals surface area contributed by atoms with Crippen molar-refractivity contribution in [3.63, 3.8) is 0 Å². The molecule has 0 aliphatic rings. The monoisotopic (exact) mass is 617 g/mol. The van der Waals surface area contributed by atoms with Gasteiger partial charge in [0.05, 0.1) is 23.4 Å². The second-order valence-electron chi connectivity index (χ2n) is 13.3. The highest BCUT2D eigenvalue weighted by molar-refractivity contribution is 7.16. The number of rotatable bonds is 18. The van der Waals surface area contributed by atoms with E-state index in [1.807, 2.05) is 28.0 Å². The highest BCUT2D eigenvalue weighted by Gasteiger charge is 2.25. The third-order valence-electron chi connectivity index (χ3n) is 8.42. The SMILES string of the molecule is CCCCCCCCN(CCCCCCCC)c1ccc(/C=c2/c(C(C)(C)C)nn3c(-c4ccc(C)cc4OC)nnc23)s1. The maximum atomic E-state index is 5.71. The van der Waals surface area contributed by atoms with Gasteiger partial charge in [-0.2, -0.15) is 9.61 Å². The number of nitrogens with zero attached hydrogens (tertiary/aromatic N) is 5. The Morgan fingerprint density at radius 2 is 1.48 bits per heavy atom. The van der Waals surface area contributed by atoms with Crippen LogP contribution in [0.1, 0.15) is 128 Å². The molecule has 0 amide bonds. The fourth-order valence-electron chi connectivity index (χ4n) is 5.87.